The minimum absolute atomic E-state index is 0.00973. The summed E-state index contributed by atoms with van der Waals surface area (Å²) in [5, 5.41) is 20.7. The van der Waals surface area contributed by atoms with Crippen LogP contribution in [0.5, 0.6) is 0 Å². The van der Waals surface area contributed by atoms with Crippen molar-refractivity contribution in [3.05, 3.63) is 59.7 Å². The van der Waals surface area contributed by atoms with E-state index < -0.39 is 23.8 Å². The summed E-state index contributed by atoms with van der Waals surface area (Å²) in [5.74, 6) is -3.83. The number of benzene rings is 1. The molecule has 0 saturated carbocycles. The van der Waals surface area contributed by atoms with E-state index in [1.54, 1.807) is 19.1 Å². The van der Waals surface area contributed by atoms with E-state index in [1.807, 2.05) is 13.8 Å². The molecule has 0 aliphatic heterocycles. The van der Waals surface area contributed by atoms with E-state index in [2.05, 4.69) is 11.9 Å². The van der Waals surface area contributed by atoms with Crippen LogP contribution in [0.1, 0.15) is 41.5 Å². The molecule has 0 saturated heterocycles. The summed E-state index contributed by atoms with van der Waals surface area (Å²) in [4.78, 5) is 34.4. The van der Waals surface area contributed by atoms with Crippen molar-refractivity contribution in [1.82, 2.24) is 5.32 Å². The molecule has 0 spiro atoms. The van der Waals surface area contributed by atoms with E-state index in [1.165, 1.54) is 24.3 Å². The van der Waals surface area contributed by atoms with Crippen molar-refractivity contribution < 1.29 is 24.6 Å². The number of carboxylic acids is 2. The first-order valence-corrected chi connectivity index (χ1v) is 7.51. The van der Waals surface area contributed by atoms with Crippen LogP contribution in [-0.2, 0) is 4.79 Å². The Morgan fingerprint density at radius 2 is 1.71 bits per heavy atom. The van der Waals surface area contributed by atoms with Gasteiger partial charge in [-0.1, -0.05) is 50.3 Å². The van der Waals surface area contributed by atoms with Crippen LogP contribution in [0.2, 0.25) is 0 Å². The first-order valence-electron chi connectivity index (χ1n) is 7.51. The van der Waals surface area contributed by atoms with Gasteiger partial charge in [0.15, 0.2) is 0 Å². The Labute approximate surface area is 141 Å². The van der Waals surface area contributed by atoms with Crippen LogP contribution in [0.15, 0.2) is 48.6 Å². The van der Waals surface area contributed by atoms with Gasteiger partial charge in [0, 0.05) is 6.54 Å². The number of aromatic carboxylic acids is 1. The van der Waals surface area contributed by atoms with Crippen LogP contribution in [0, 0.1) is 5.92 Å². The molecule has 0 aliphatic carbocycles. The van der Waals surface area contributed by atoms with Crippen molar-refractivity contribution in [2.45, 2.75) is 20.8 Å². The number of allylic oxidation sites excluding steroid dienone is 2. The molecule has 1 aromatic carbocycles. The second-order valence-electron chi connectivity index (χ2n) is 4.60. The van der Waals surface area contributed by atoms with Crippen LogP contribution in [-0.4, -0.2) is 34.6 Å². The van der Waals surface area contributed by atoms with Gasteiger partial charge in [0.1, 0.15) is 0 Å². The standard InChI is InChI=1S/C16H17NO5.C2H6/c1-3-6-10(2)13(16(21)22)9-17-14(18)11-7-4-5-8-12(11)15(19)20;1-2/h3-8,13H,1,9H2,2H3,(H,17,18)(H,19,20)(H,21,22);1-2H3/b10-6+;. The molecule has 1 amide bonds. The third-order valence-corrected chi connectivity index (χ3v) is 3.10. The quantitative estimate of drug-likeness (QED) is 0.666. The molecule has 1 rings (SSSR count). The number of hydrogen-bond donors (Lipinski definition) is 3. The Morgan fingerprint density at radius 3 is 2.17 bits per heavy atom. The third-order valence-electron chi connectivity index (χ3n) is 3.10. The van der Waals surface area contributed by atoms with Gasteiger partial charge in [-0.25, -0.2) is 4.79 Å². The number of carboxylic acid groups (broad SMARTS) is 2. The fourth-order valence-corrected chi connectivity index (χ4v) is 1.90. The van der Waals surface area contributed by atoms with Gasteiger partial charge in [-0.2, -0.15) is 0 Å². The summed E-state index contributed by atoms with van der Waals surface area (Å²) < 4.78 is 0. The molecule has 1 unspecified atom stereocenters. The lowest BCUT2D eigenvalue weighted by molar-refractivity contribution is -0.140. The summed E-state index contributed by atoms with van der Waals surface area (Å²) in [7, 11) is 0. The maximum Gasteiger partial charge on any atom is 0.336 e. The lowest BCUT2D eigenvalue weighted by atomic mass is 9.99. The number of hydrogen-bond acceptors (Lipinski definition) is 3. The number of carbonyl (C=O) groups excluding carboxylic acids is 1. The average Bonchev–Trinajstić information content (AvgIpc) is 2.56. The second kappa shape index (κ2) is 10.8. The minimum Gasteiger partial charge on any atom is -0.481 e. The zero-order chi connectivity index (χ0) is 18.7. The van der Waals surface area contributed by atoms with Crippen LogP contribution in [0.25, 0.3) is 0 Å². The van der Waals surface area contributed by atoms with Crippen molar-refractivity contribution in [3.8, 4) is 0 Å². The molecule has 0 aliphatic rings. The summed E-state index contributed by atoms with van der Waals surface area (Å²) in [5.41, 5.74) is 0.393. The molecule has 3 N–H and O–H groups in total. The molecule has 24 heavy (non-hydrogen) atoms. The molecule has 0 heterocycles. The van der Waals surface area contributed by atoms with E-state index in [0.29, 0.717) is 5.57 Å². The molecule has 130 valence electrons. The van der Waals surface area contributed by atoms with E-state index in [-0.39, 0.29) is 17.7 Å². The first kappa shape index (κ1) is 21.1. The Bertz CT molecular complexity index is 634. The van der Waals surface area contributed by atoms with Crippen LogP contribution in [0.4, 0.5) is 0 Å². The smallest absolute Gasteiger partial charge is 0.336 e. The largest absolute Gasteiger partial charge is 0.481 e. The highest BCUT2D eigenvalue weighted by atomic mass is 16.4. The summed E-state index contributed by atoms with van der Waals surface area (Å²) in [6.45, 7) is 8.98. The van der Waals surface area contributed by atoms with Gasteiger partial charge in [0.2, 0.25) is 0 Å². The van der Waals surface area contributed by atoms with E-state index in [9.17, 15) is 19.5 Å². The Morgan fingerprint density at radius 1 is 1.17 bits per heavy atom. The molecule has 6 heteroatoms. The van der Waals surface area contributed by atoms with Gasteiger partial charge in [-0.05, 0) is 19.1 Å². The Kier molecular flexibility index (Phi) is 9.48. The van der Waals surface area contributed by atoms with Gasteiger partial charge < -0.3 is 15.5 Å². The molecular weight excluding hydrogens is 310 g/mol. The highest BCUT2D eigenvalue weighted by molar-refractivity contribution is 6.04. The number of nitrogens with one attached hydrogen (secondary N) is 1. The number of amides is 1. The fraction of sp³-hybridized carbons (Fsp3) is 0.278. The molecule has 0 fully saturated rings. The molecule has 0 aromatic heterocycles. The van der Waals surface area contributed by atoms with Crippen molar-refractivity contribution >= 4 is 17.8 Å². The van der Waals surface area contributed by atoms with Crippen molar-refractivity contribution in [2.24, 2.45) is 5.92 Å². The SMILES string of the molecule is C=C/C=C(\C)C(CNC(=O)c1ccccc1C(=O)O)C(=O)O.CC. The molecule has 1 aromatic rings. The van der Waals surface area contributed by atoms with Crippen molar-refractivity contribution in [2.75, 3.05) is 6.54 Å². The maximum absolute atomic E-state index is 12.1. The van der Waals surface area contributed by atoms with Gasteiger partial charge >= 0.3 is 11.9 Å². The van der Waals surface area contributed by atoms with Gasteiger partial charge in [-0.3, -0.25) is 9.59 Å². The Balaban J connectivity index is 0.00000254. The molecule has 6 nitrogen and oxygen atoms in total. The molecule has 1 atom stereocenters. The lowest BCUT2D eigenvalue weighted by Gasteiger charge is -2.14. The summed E-state index contributed by atoms with van der Waals surface area (Å²) in [6.07, 6.45) is 3.02. The van der Waals surface area contributed by atoms with Crippen molar-refractivity contribution in [1.29, 1.82) is 0 Å². The van der Waals surface area contributed by atoms with Crippen LogP contribution < -0.4 is 5.32 Å². The predicted octanol–water partition coefficient (Wildman–Crippen LogP) is 2.97. The predicted molar refractivity (Wildman–Crippen MR) is 92.2 cm³/mol. The zero-order valence-electron chi connectivity index (χ0n) is 14.1. The minimum atomic E-state index is -1.22. The maximum atomic E-state index is 12.1. The normalized spacial score (nSPS) is 11.5. The van der Waals surface area contributed by atoms with E-state index >= 15 is 0 Å². The van der Waals surface area contributed by atoms with Gasteiger partial charge in [0.25, 0.3) is 5.91 Å². The van der Waals surface area contributed by atoms with E-state index in [4.69, 9.17) is 5.11 Å². The number of rotatable bonds is 7. The topological polar surface area (TPSA) is 104 Å². The number of aliphatic carboxylic acids is 1. The summed E-state index contributed by atoms with van der Waals surface area (Å²) in [6, 6.07) is 5.74. The van der Waals surface area contributed by atoms with E-state index in [0.717, 1.165) is 0 Å². The monoisotopic (exact) mass is 333 g/mol. The molecule has 0 bridgehead atoms. The van der Waals surface area contributed by atoms with Crippen LogP contribution >= 0.6 is 0 Å². The number of carbonyl (C=O) groups is 3. The zero-order valence-corrected chi connectivity index (χ0v) is 14.1. The average molecular weight is 333 g/mol. The van der Waals surface area contributed by atoms with Gasteiger partial charge in [-0.15, -0.1) is 0 Å². The summed E-state index contributed by atoms with van der Waals surface area (Å²) >= 11 is 0. The third kappa shape index (κ3) is 6.08. The fourth-order valence-electron chi connectivity index (χ4n) is 1.90. The molecule has 0 radical (unpaired) electrons. The lowest BCUT2D eigenvalue weighted by Crippen LogP contribution is -2.34. The van der Waals surface area contributed by atoms with Crippen LogP contribution in [0.3, 0.4) is 0 Å². The highest BCUT2D eigenvalue weighted by Crippen LogP contribution is 2.12. The van der Waals surface area contributed by atoms with Gasteiger partial charge in [0.05, 0.1) is 17.0 Å². The Hall–Kier alpha value is -2.89. The first-order chi connectivity index (χ1) is 11.4. The highest BCUT2D eigenvalue weighted by Gasteiger charge is 2.22. The second-order valence-corrected chi connectivity index (χ2v) is 4.60. The van der Waals surface area contributed by atoms with Crippen molar-refractivity contribution in [3.63, 3.8) is 0 Å². The molecular formula is C18H23NO5.